The molecule has 2 aliphatic carbocycles. The SMILES string of the molecule is CC1(C)CC(N(CC(CO)CC(CO)CN(C(=O)O)C2CC(C)(C)CC(C)(CN)C2)C(=O)O)CC(C)(CN)C1. The fourth-order valence-electron chi connectivity index (χ4n) is 8.12. The fourth-order valence-corrected chi connectivity index (χ4v) is 8.12. The molecular weight excluding hydrogens is 500 g/mol. The van der Waals surface area contributed by atoms with E-state index >= 15 is 0 Å². The molecular formula is C29H56N4O6. The fraction of sp³-hybridized carbons (Fsp3) is 0.931. The second-order valence-corrected chi connectivity index (χ2v) is 15.0. The van der Waals surface area contributed by atoms with Gasteiger partial charge in [0.05, 0.1) is 0 Å². The highest BCUT2D eigenvalue weighted by molar-refractivity contribution is 5.66. The van der Waals surface area contributed by atoms with Gasteiger partial charge in [0, 0.05) is 50.2 Å². The lowest BCUT2D eigenvalue weighted by atomic mass is 9.62. The molecule has 0 bridgehead atoms. The summed E-state index contributed by atoms with van der Waals surface area (Å²) in [5.41, 5.74) is 11.7. The Balaban J connectivity index is 2.19. The van der Waals surface area contributed by atoms with Crippen molar-refractivity contribution < 1.29 is 30.0 Å². The van der Waals surface area contributed by atoms with Crippen LogP contribution in [0.2, 0.25) is 0 Å². The first-order valence-corrected chi connectivity index (χ1v) is 14.5. The maximum atomic E-state index is 12.4. The molecule has 0 radical (unpaired) electrons. The molecule has 8 N–H and O–H groups in total. The quantitative estimate of drug-likeness (QED) is 0.211. The van der Waals surface area contributed by atoms with Crippen LogP contribution in [0.5, 0.6) is 0 Å². The van der Waals surface area contributed by atoms with Crippen LogP contribution in [0, 0.1) is 33.5 Å². The van der Waals surface area contributed by atoms with Gasteiger partial charge in [-0.15, -0.1) is 0 Å². The second-order valence-electron chi connectivity index (χ2n) is 15.0. The van der Waals surface area contributed by atoms with E-state index in [9.17, 15) is 30.0 Å². The van der Waals surface area contributed by atoms with E-state index in [1.54, 1.807) is 0 Å². The second kappa shape index (κ2) is 12.9. The van der Waals surface area contributed by atoms with Crippen molar-refractivity contribution in [3.05, 3.63) is 0 Å². The van der Waals surface area contributed by atoms with E-state index in [1.165, 1.54) is 9.80 Å². The Morgan fingerprint density at radius 2 is 1.05 bits per heavy atom. The van der Waals surface area contributed by atoms with Gasteiger partial charge in [-0.1, -0.05) is 41.5 Å². The van der Waals surface area contributed by atoms with Crippen LogP contribution < -0.4 is 11.5 Å². The van der Waals surface area contributed by atoms with Gasteiger partial charge in [-0.2, -0.15) is 0 Å². The van der Waals surface area contributed by atoms with Gasteiger partial charge in [-0.3, -0.25) is 0 Å². The molecule has 0 aliphatic heterocycles. The minimum atomic E-state index is -1.03. The zero-order chi connectivity index (χ0) is 29.8. The van der Waals surface area contributed by atoms with E-state index in [0.29, 0.717) is 45.2 Å². The van der Waals surface area contributed by atoms with Crippen LogP contribution in [0.4, 0.5) is 9.59 Å². The van der Waals surface area contributed by atoms with Gasteiger partial charge in [0.2, 0.25) is 0 Å². The summed E-state index contributed by atoms with van der Waals surface area (Å²) in [5.74, 6) is -0.861. The van der Waals surface area contributed by atoms with Crippen LogP contribution in [0.25, 0.3) is 0 Å². The van der Waals surface area contributed by atoms with E-state index in [4.69, 9.17) is 11.5 Å². The molecule has 6 unspecified atom stereocenters. The summed E-state index contributed by atoms with van der Waals surface area (Å²) in [4.78, 5) is 27.7. The van der Waals surface area contributed by atoms with Gasteiger partial charge in [0.25, 0.3) is 0 Å². The zero-order valence-electron chi connectivity index (χ0n) is 25.2. The topological polar surface area (TPSA) is 174 Å². The molecule has 228 valence electrons. The first kappa shape index (κ1) is 33.6. The summed E-state index contributed by atoms with van der Waals surface area (Å²) < 4.78 is 0. The predicted octanol–water partition coefficient (Wildman–Crippen LogP) is 3.64. The summed E-state index contributed by atoms with van der Waals surface area (Å²) in [6, 6.07) is -0.453. The van der Waals surface area contributed by atoms with Crippen LogP contribution in [0.1, 0.15) is 86.5 Å². The molecule has 2 saturated carbocycles. The van der Waals surface area contributed by atoms with Gasteiger partial charge in [0.1, 0.15) is 0 Å². The van der Waals surface area contributed by atoms with E-state index in [2.05, 4.69) is 41.5 Å². The molecule has 0 spiro atoms. The lowest BCUT2D eigenvalue weighted by Crippen LogP contribution is -2.53. The summed E-state index contributed by atoms with van der Waals surface area (Å²) in [6.45, 7) is 13.5. The summed E-state index contributed by atoms with van der Waals surface area (Å²) in [5, 5.41) is 40.8. The predicted molar refractivity (Wildman–Crippen MR) is 152 cm³/mol. The Morgan fingerprint density at radius 1 is 0.718 bits per heavy atom. The van der Waals surface area contributed by atoms with Crippen molar-refractivity contribution in [2.24, 2.45) is 45.0 Å². The molecule has 10 heteroatoms. The van der Waals surface area contributed by atoms with Gasteiger partial charge in [-0.25, -0.2) is 9.59 Å². The van der Waals surface area contributed by atoms with Gasteiger partial charge in [-0.05, 0) is 79.7 Å². The molecule has 0 aromatic carbocycles. The molecule has 2 aliphatic rings. The lowest BCUT2D eigenvalue weighted by Gasteiger charge is -2.49. The molecule has 0 saturated heterocycles. The number of hydrogen-bond acceptors (Lipinski definition) is 6. The van der Waals surface area contributed by atoms with E-state index in [1.807, 2.05) is 0 Å². The number of carboxylic acid groups (broad SMARTS) is 2. The molecule has 0 heterocycles. The van der Waals surface area contributed by atoms with Crippen LogP contribution in [-0.2, 0) is 0 Å². The molecule has 2 rings (SSSR count). The minimum Gasteiger partial charge on any atom is -0.465 e. The maximum absolute atomic E-state index is 12.4. The molecule has 0 aromatic rings. The third kappa shape index (κ3) is 9.20. The van der Waals surface area contributed by atoms with Crippen molar-refractivity contribution in [1.82, 2.24) is 9.80 Å². The lowest BCUT2D eigenvalue weighted by molar-refractivity contribution is 0.00415. The van der Waals surface area contributed by atoms with Crippen molar-refractivity contribution in [3.63, 3.8) is 0 Å². The van der Waals surface area contributed by atoms with Gasteiger partial charge >= 0.3 is 12.2 Å². The highest BCUT2D eigenvalue weighted by Crippen LogP contribution is 2.48. The molecule has 10 nitrogen and oxygen atoms in total. The molecule has 2 fully saturated rings. The first-order chi connectivity index (χ1) is 17.9. The Morgan fingerprint density at radius 3 is 1.31 bits per heavy atom. The Labute approximate surface area is 235 Å². The third-order valence-corrected chi connectivity index (χ3v) is 9.30. The van der Waals surface area contributed by atoms with Gasteiger partial charge in [0.15, 0.2) is 0 Å². The molecule has 2 amide bonds. The van der Waals surface area contributed by atoms with Crippen molar-refractivity contribution in [2.45, 2.75) is 98.6 Å². The number of aliphatic hydroxyl groups is 2. The van der Waals surface area contributed by atoms with Crippen molar-refractivity contribution in [1.29, 1.82) is 0 Å². The molecule has 6 atom stereocenters. The molecule has 39 heavy (non-hydrogen) atoms. The third-order valence-electron chi connectivity index (χ3n) is 9.30. The monoisotopic (exact) mass is 556 g/mol. The standard InChI is InChI=1S/C29H56N4O6/c1-26(2)8-22(10-28(5,16-26)18-30)32(24(36)37)12-20(14-34)7-21(15-35)13-33(25(38)39)23-9-27(3,4)17-29(6,11-23)19-31/h20-23,34-35H,7-19,30-31H2,1-6H3,(H,36,37)(H,38,39). The average Bonchev–Trinajstić information content (AvgIpc) is 2.80. The number of carbonyl (C=O) groups is 2. The summed E-state index contributed by atoms with van der Waals surface area (Å²) >= 11 is 0. The number of rotatable bonds is 12. The molecule has 0 aromatic heterocycles. The summed E-state index contributed by atoms with van der Waals surface area (Å²) in [6.07, 6.45) is 2.82. The normalized spacial score (nSPS) is 31.7. The van der Waals surface area contributed by atoms with Crippen LogP contribution in [0.3, 0.4) is 0 Å². The number of nitrogens with two attached hydrogens (primary N) is 2. The van der Waals surface area contributed by atoms with Crippen molar-refractivity contribution in [3.8, 4) is 0 Å². The van der Waals surface area contributed by atoms with Crippen LogP contribution in [-0.4, -0.2) is 93.9 Å². The number of amides is 2. The van der Waals surface area contributed by atoms with E-state index in [0.717, 1.165) is 12.8 Å². The van der Waals surface area contributed by atoms with E-state index in [-0.39, 0.29) is 60.0 Å². The smallest absolute Gasteiger partial charge is 0.407 e. The highest BCUT2D eigenvalue weighted by Gasteiger charge is 2.45. The zero-order valence-corrected chi connectivity index (χ0v) is 25.2. The minimum absolute atomic E-state index is 0.0686. The maximum Gasteiger partial charge on any atom is 0.407 e. The van der Waals surface area contributed by atoms with Crippen LogP contribution >= 0.6 is 0 Å². The average molecular weight is 557 g/mol. The number of aliphatic hydroxyl groups excluding tert-OH is 2. The van der Waals surface area contributed by atoms with E-state index < -0.39 is 24.0 Å². The number of nitrogens with zero attached hydrogens (tertiary/aromatic N) is 2. The van der Waals surface area contributed by atoms with Crippen molar-refractivity contribution in [2.75, 3.05) is 39.4 Å². The summed E-state index contributed by atoms with van der Waals surface area (Å²) in [7, 11) is 0. The Bertz CT molecular complexity index is 773. The van der Waals surface area contributed by atoms with Crippen LogP contribution in [0.15, 0.2) is 0 Å². The van der Waals surface area contributed by atoms with Crippen molar-refractivity contribution >= 4 is 12.2 Å². The number of hydrogen-bond donors (Lipinski definition) is 6. The Kier molecular flexibility index (Phi) is 11.1. The Hall–Kier alpha value is -1.62. The largest absolute Gasteiger partial charge is 0.465 e. The highest BCUT2D eigenvalue weighted by atomic mass is 16.4. The van der Waals surface area contributed by atoms with Gasteiger partial charge < -0.3 is 41.7 Å². The first-order valence-electron chi connectivity index (χ1n) is 14.5.